The van der Waals surface area contributed by atoms with Gasteiger partial charge >= 0.3 is 18.3 Å². The Labute approximate surface area is 473 Å². The van der Waals surface area contributed by atoms with E-state index in [1.54, 1.807) is 69.2 Å². The van der Waals surface area contributed by atoms with Gasteiger partial charge in [-0.1, -0.05) is 0 Å². The number of sulfonamides is 2. The lowest BCUT2D eigenvalue weighted by molar-refractivity contribution is -0.122. The lowest BCUT2D eigenvalue weighted by atomic mass is 10.0. The third kappa shape index (κ3) is 17.1. The van der Waals surface area contributed by atoms with Crippen LogP contribution in [0.2, 0.25) is 0 Å². The van der Waals surface area contributed by atoms with Crippen LogP contribution in [0.3, 0.4) is 0 Å². The number of methoxy groups -OCH3 is 2. The smallest absolute Gasteiger partial charge is 0.410 e. The Balaban J connectivity index is 0.000000178. The topological polar surface area (TPSA) is 251 Å². The van der Waals surface area contributed by atoms with E-state index in [1.165, 1.54) is 37.7 Å². The van der Waals surface area contributed by atoms with Gasteiger partial charge in [-0.3, -0.25) is 10.1 Å². The quantitative estimate of drug-likeness (QED) is 0.307. The van der Waals surface area contributed by atoms with Crippen LogP contribution in [0.4, 0.5) is 14.4 Å². The summed E-state index contributed by atoms with van der Waals surface area (Å²) in [7, 11) is -4.26. The molecule has 3 spiro atoms. The Morgan fingerprint density at radius 3 is 1.44 bits per heavy atom. The summed E-state index contributed by atoms with van der Waals surface area (Å²) >= 11 is 0. The predicted molar refractivity (Wildman–Crippen MR) is 296 cm³/mol. The molecule has 25 heteroatoms. The van der Waals surface area contributed by atoms with Crippen LogP contribution in [0.1, 0.15) is 114 Å². The zero-order valence-corrected chi connectivity index (χ0v) is 50.4. The Kier molecular flexibility index (Phi) is 21.4. The number of likely N-dealkylation sites (tertiary alicyclic amines) is 3. The van der Waals surface area contributed by atoms with Crippen molar-refractivity contribution >= 4 is 44.1 Å². The fourth-order valence-electron chi connectivity index (χ4n) is 10.3. The highest BCUT2D eigenvalue weighted by atomic mass is 32.2. The number of amides is 3. The number of hydrogen-bond donors (Lipinski definition) is 2. The summed E-state index contributed by atoms with van der Waals surface area (Å²) in [6, 6.07) is 12.8. The zero-order chi connectivity index (χ0) is 58.8. The van der Waals surface area contributed by atoms with E-state index in [-0.39, 0.29) is 59.7 Å². The van der Waals surface area contributed by atoms with Crippen LogP contribution in [0.15, 0.2) is 58.3 Å². The predicted octanol–water partition coefficient (Wildman–Crippen LogP) is 6.16. The van der Waals surface area contributed by atoms with Crippen molar-refractivity contribution in [3.63, 3.8) is 0 Å². The van der Waals surface area contributed by atoms with E-state index in [0.29, 0.717) is 70.1 Å². The normalized spacial score (nSPS) is 24.9. The van der Waals surface area contributed by atoms with E-state index >= 15 is 0 Å². The maximum Gasteiger partial charge on any atom is 0.410 e. The molecule has 450 valence electrons. The van der Waals surface area contributed by atoms with Crippen LogP contribution in [0.25, 0.3) is 0 Å². The highest BCUT2D eigenvalue weighted by Gasteiger charge is 2.53. The van der Waals surface area contributed by atoms with Gasteiger partial charge in [0.2, 0.25) is 20.0 Å². The van der Waals surface area contributed by atoms with E-state index in [0.717, 1.165) is 58.3 Å². The second kappa shape index (κ2) is 26.6. The summed E-state index contributed by atoms with van der Waals surface area (Å²) in [4.78, 5) is 52.3. The van der Waals surface area contributed by atoms with Gasteiger partial charge in [0.1, 0.15) is 39.8 Å². The standard InChI is InChI=1S/C19H28N2O6S.C14H20N2O4S.C12H22N2O3.C10H17NO3/c1-18(2,3)27-17(22)20-11-5-10-19(14-20)21(12-13-26-19)28(23,24)16-8-6-15(25-4)7-9-16;1-19-12-3-5-13(6-4-12)21(17,18)16-9-10-20-14(16)7-2-8-15-11-14;1-11(2,3)17-10(15)14-7-4-5-12(9-14)13-6-8-16-12;1-10(2,3)14-9(13)11-6-4-5-8(12)7-11/h6-9H,5,10-14H2,1-4H3;3-6,15H,2,7-11H2,1H3;13H,4-9H2,1-3H3;4-7H2,1-3H3. The number of piperidine rings is 4. The van der Waals surface area contributed by atoms with E-state index in [2.05, 4.69) is 10.6 Å². The molecule has 3 atom stereocenters. The second-order valence-electron chi connectivity index (χ2n) is 23.7. The Morgan fingerprint density at radius 2 is 0.988 bits per heavy atom. The largest absolute Gasteiger partial charge is 0.497 e. The third-order valence-electron chi connectivity index (χ3n) is 13.9. The Hall–Kier alpha value is -4.86. The number of ether oxygens (including phenoxy) is 8. The lowest BCUT2D eigenvalue weighted by Crippen LogP contribution is -2.59. The number of nitrogens with one attached hydrogen (secondary N) is 2. The fourth-order valence-corrected chi connectivity index (χ4v) is 13.7. The van der Waals surface area contributed by atoms with Gasteiger partial charge in [0.05, 0.1) is 63.5 Å². The molecule has 0 saturated carbocycles. The van der Waals surface area contributed by atoms with Crippen molar-refractivity contribution in [1.82, 2.24) is 33.9 Å². The van der Waals surface area contributed by atoms with Gasteiger partial charge in [-0.25, -0.2) is 31.2 Å². The molecule has 7 heterocycles. The highest BCUT2D eigenvalue weighted by Crippen LogP contribution is 2.39. The zero-order valence-electron chi connectivity index (χ0n) is 48.8. The first-order valence-electron chi connectivity index (χ1n) is 27.6. The molecule has 9 rings (SSSR count). The van der Waals surface area contributed by atoms with Crippen molar-refractivity contribution in [1.29, 1.82) is 0 Å². The maximum absolute atomic E-state index is 13.3. The molecule has 7 fully saturated rings. The number of hydrogen-bond acceptors (Lipinski definition) is 18. The average molecular weight is 1170 g/mol. The molecule has 2 aromatic rings. The summed E-state index contributed by atoms with van der Waals surface area (Å²) in [5.41, 5.74) is -3.66. The van der Waals surface area contributed by atoms with Crippen LogP contribution >= 0.6 is 0 Å². The molecule has 0 radical (unpaired) electrons. The van der Waals surface area contributed by atoms with Gasteiger partial charge in [-0.15, -0.1) is 0 Å². The molecule has 3 amide bonds. The van der Waals surface area contributed by atoms with Gasteiger partial charge in [0, 0.05) is 52.2 Å². The number of Topliss-reactive ketones (excluding diaryl/α,β-unsaturated/α-hetero) is 1. The van der Waals surface area contributed by atoms with Crippen molar-refractivity contribution in [3.05, 3.63) is 48.5 Å². The van der Waals surface area contributed by atoms with Gasteiger partial charge < -0.3 is 57.9 Å². The molecule has 0 aliphatic carbocycles. The summed E-state index contributed by atoms with van der Waals surface area (Å²) in [5.74, 6) is 1.34. The lowest BCUT2D eigenvalue weighted by Gasteiger charge is -2.43. The number of ketones is 1. The number of carbonyl (C=O) groups is 4. The first kappa shape index (κ1) is 64.3. The van der Waals surface area contributed by atoms with Crippen LogP contribution in [0, 0.1) is 0 Å². The molecule has 3 unspecified atom stereocenters. The Morgan fingerprint density at radius 1 is 0.537 bits per heavy atom. The highest BCUT2D eigenvalue weighted by molar-refractivity contribution is 7.89. The van der Waals surface area contributed by atoms with Crippen molar-refractivity contribution in [2.45, 2.75) is 157 Å². The van der Waals surface area contributed by atoms with Crippen LogP contribution in [-0.4, -0.2) is 204 Å². The number of rotatable bonds is 6. The van der Waals surface area contributed by atoms with E-state index in [1.807, 2.05) is 41.5 Å². The summed E-state index contributed by atoms with van der Waals surface area (Å²) in [5, 5.41) is 6.59. The van der Waals surface area contributed by atoms with Crippen molar-refractivity contribution in [2.75, 3.05) is 106 Å². The maximum atomic E-state index is 13.3. The van der Waals surface area contributed by atoms with Gasteiger partial charge in [-0.05, 0) is 162 Å². The number of benzene rings is 2. The first-order chi connectivity index (χ1) is 37.4. The van der Waals surface area contributed by atoms with Crippen molar-refractivity contribution < 1.29 is 73.9 Å². The molecular weight excluding hydrogens is 1080 g/mol. The molecule has 80 heavy (non-hydrogen) atoms. The average Bonchev–Trinajstić information content (AvgIpc) is 4.16. The van der Waals surface area contributed by atoms with E-state index in [9.17, 15) is 36.0 Å². The van der Waals surface area contributed by atoms with Gasteiger partial charge in [-0.2, -0.15) is 8.61 Å². The Bertz CT molecular complexity index is 2630. The minimum atomic E-state index is -3.78. The first-order valence-corrected chi connectivity index (χ1v) is 30.5. The second-order valence-corrected chi connectivity index (χ2v) is 27.4. The third-order valence-corrected chi connectivity index (χ3v) is 17.8. The molecule has 23 nitrogen and oxygen atoms in total. The number of nitrogens with zero attached hydrogens (tertiary/aromatic N) is 5. The monoisotopic (exact) mass is 1170 g/mol. The summed E-state index contributed by atoms with van der Waals surface area (Å²) < 4.78 is 98.9. The molecular formula is C55H87N7O16S2. The van der Waals surface area contributed by atoms with Crippen LogP contribution in [0.5, 0.6) is 11.5 Å². The molecule has 7 aliphatic rings. The van der Waals surface area contributed by atoms with Crippen LogP contribution < -0.4 is 20.1 Å². The minimum absolute atomic E-state index is 0.113. The molecule has 2 aromatic carbocycles. The van der Waals surface area contributed by atoms with E-state index in [4.69, 9.17) is 37.9 Å². The molecule has 7 saturated heterocycles. The van der Waals surface area contributed by atoms with E-state index < -0.39 is 54.4 Å². The fraction of sp³-hybridized carbons (Fsp3) is 0.709. The van der Waals surface area contributed by atoms with Crippen LogP contribution in [-0.2, 0) is 53.3 Å². The van der Waals surface area contributed by atoms with Crippen molar-refractivity contribution in [3.8, 4) is 11.5 Å². The van der Waals surface area contributed by atoms with Gasteiger partial charge in [0.15, 0.2) is 11.5 Å². The minimum Gasteiger partial charge on any atom is -0.497 e. The molecule has 7 aliphatic heterocycles. The molecule has 2 N–H and O–H groups in total. The SMILES string of the molecule is CC(C)(C)OC(=O)N1CCCC(=O)C1.CC(C)(C)OC(=O)N1CCCC2(C1)NCCO2.COc1ccc(S(=O)(=O)N2CCOC23CCCN(C(=O)OC(C)(C)C)C3)cc1.COc1ccc(S(=O)(=O)N2CCOC23CCCNC3)cc1. The van der Waals surface area contributed by atoms with Gasteiger partial charge in [0.25, 0.3) is 0 Å². The molecule has 0 bridgehead atoms. The molecule has 0 aromatic heterocycles. The van der Waals surface area contributed by atoms with Crippen molar-refractivity contribution in [2.24, 2.45) is 0 Å². The summed E-state index contributed by atoms with van der Waals surface area (Å²) in [6.07, 6.45) is 4.97. The summed E-state index contributed by atoms with van der Waals surface area (Å²) in [6.45, 7) is 23.7. The number of carbonyl (C=O) groups excluding carboxylic acids is 4.